The molecule has 0 aliphatic carbocycles. The van der Waals surface area contributed by atoms with Crippen LogP contribution in [0.5, 0.6) is 0 Å². The molecule has 1 aromatic heterocycles. The summed E-state index contributed by atoms with van der Waals surface area (Å²) in [7, 11) is 0. The van der Waals surface area contributed by atoms with Gasteiger partial charge in [-0.3, -0.25) is 4.79 Å². The van der Waals surface area contributed by atoms with Crippen molar-refractivity contribution in [2.75, 3.05) is 18.4 Å². The summed E-state index contributed by atoms with van der Waals surface area (Å²) in [5.41, 5.74) is 4.74. The van der Waals surface area contributed by atoms with Gasteiger partial charge in [0.25, 0.3) is 5.91 Å². The van der Waals surface area contributed by atoms with Crippen LogP contribution in [0.15, 0.2) is 54.7 Å². The minimum atomic E-state index is -0.529. The molecule has 7 heteroatoms. The maximum Gasteiger partial charge on any atom is 0.410 e. The van der Waals surface area contributed by atoms with Crippen molar-refractivity contribution >= 4 is 17.7 Å². The number of ether oxygens (including phenoxy) is 1. The van der Waals surface area contributed by atoms with Crippen molar-refractivity contribution < 1.29 is 14.3 Å². The van der Waals surface area contributed by atoms with E-state index in [0.29, 0.717) is 18.7 Å². The molecule has 2 amide bonds. The topological polar surface area (TPSA) is 76.5 Å². The van der Waals surface area contributed by atoms with Crippen LogP contribution in [0, 0.1) is 13.8 Å². The third-order valence-corrected chi connectivity index (χ3v) is 6.22. The van der Waals surface area contributed by atoms with Crippen LogP contribution in [-0.4, -0.2) is 45.4 Å². The van der Waals surface area contributed by atoms with Crippen molar-refractivity contribution in [1.82, 2.24) is 14.7 Å². The molecule has 1 aliphatic rings. The van der Waals surface area contributed by atoms with E-state index in [1.54, 1.807) is 11.1 Å². The molecule has 1 N–H and O–H groups in total. The average Bonchev–Trinajstić information content (AvgIpc) is 3.25. The number of nitrogens with one attached hydrogen (secondary N) is 1. The molecule has 4 rings (SSSR count). The molecule has 3 aromatic rings. The molecular formula is C28H34N4O3. The second-order valence-corrected chi connectivity index (χ2v) is 10.2. The van der Waals surface area contributed by atoms with E-state index in [0.717, 1.165) is 41.0 Å². The first kappa shape index (κ1) is 24.5. The van der Waals surface area contributed by atoms with Crippen LogP contribution in [-0.2, 0) is 4.74 Å². The van der Waals surface area contributed by atoms with E-state index < -0.39 is 5.60 Å². The molecule has 0 unspecified atom stereocenters. The number of hydrogen-bond acceptors (Lipinski definition) is 4. The second kappa shape index (κ2) is 9.94. The number of para-hydroxylation sites is 1. The van der Waals surface area contributed by atoms with Gasteiger partial charge in [0.2, 0.25) is 0 Å². The number of carbonyl (C=O) groups excluding carboxylic acids is 2. The Balaban J connectivity index is 1.63. The Bertz CT molecular complexity index is 1220. The van der Waals surface area contributed by atoms with Gasteiger partial charge in [0.05, 0.1) is 23.1 Å². The summed E-state index contributed by atoms with van der Waals surface area (Å²) in [4.78, 5) is 27.7. The molecule has 35 heavy (non-hydrogen) atoms. The molecule has 2 heterocycles. The number of amides is 2. The summed E-state index contributed by atoms with van der Waals surface area (Å²) in [5.74, 6) is -0.0999. The lowest BCUT2D eigenvalue weighted by Crippen LogP contribution is -2.41. The van der Waals surface area contributed by atoms with Crippen LogP contribution in [0.3, 0.4) is 0 Å². The number of aromatic nitrogens is 2. The fourth-order valence-electron chi connectivity index (χ4n) is 4.46. The van der Waals surface area contributed by atoms with Crippen LogP contribution >= 0.6 is 0 Å². The van der Waals surface area contributed by atoms with Crippen molar-refractivity contribution in [3.8, 4) is 5.69 Å². The highest BCUT2D eigenvalue weighted by Crippen LogP contribution is 2.33. The number of aryl methyl sites for hydroxylation is 2. The van der Waals surface area contributed by atoms with Crippen LogP contribution in [0.4, 0.5) is 10.5 Å². The maximum atomic E-state index is 13.4. The molecule has 1 aliphatic heterocycles. The molecule has 0 spiro atoms. The zero-order valence-electron chi connectivity index (χ0n) is 21.2. The predicted molar refractivity (Wildman–Crippen MR) is 137 cm³/mol. The molecule has 0 radical (unpaired) electrons. The van der Waals surface area contributed by atoms with Gasteiger partial charge in [0.15, 0.2) is 0 Å². The van der Waals surface area contributed by atoms with E-state index in [9.17, 15) is 9.59 Å². The summed E-state index contributed by atoms with van der Waals surface area (Å²) in [5, 5.41) is 7.70. The first-order valence-electron chi connectivity index (χ1n) is 12.1. The number of piperidine rings is 1. The number of benzene rings is 2. The lowest BCUT2D eigenvalue weighted by atomic mass is 9.90. The Hall–Kier alpha value is -3.61. The first-order chi connectivity index (χ1) is 16.6. The summed E-state index contributed by atoms with van der Waals surface area (Å²) < 4.78 is 7.44. The Morgan fingerprint density at radius 2 is 1.74 bits per heavy atom. The standard InChI is InChI=1S/C28H34N4O3/c1-19-9-8-11-22(17-19)32-25(21-13-15-31(16-14-21)27(34)35-28(3,4)5)23(18-29-32)26(33)30-24-12-7-6-10-20(24)2/h6-12,17-18,21H,13-16H2,1-5H3,(H,30,33). The van der Waals surface area contributed by atoms with Gasteiger partial charge in [-0.05, 0) is 76.8 Å². The van der Waals surface area contributed by atoms with Gasteiger partial charge in [-0.15, -0.1) is 0 Å². The van der Waals surface area contributed by atoms with Crippen LogP contribution in [0.1, 0.15) is 66.7 Å². The minimum Gasteiger partial charge on any atom is -0.444 e. The smallest absolute Gasteiger partial charge is 0.410 e. The first-order valence-corrected chi connectivity index (χ1v) is 12.1. The number of rotatable bonds is 4. The molecule has 0 bridgehead atoms. The SMILES string of the molecule is Cc1cccc(-n2ncc(C(=O)Nc3ccccc3C)c2C2CCN(C(=O)OC(C)(C)C)CC2)c1. The highest BCUT2D eigenvalue weighted by molar-refractivity contribution is 6.05. The van der Waals surface area contributed by atoms with Gasteiger partial charge < -0.3 is 15.0 Å². The molecule has 1 saturated heterocycles. The summed E-state index contributed by atoms with van der Waals surface area (Å²) in [6.45, 7) is 10.8. The van der Waals surface area contributed by atoms with Gasteiger partial charge in [-0.1, -0.05) is 30.3 Å². The molecule has 2 aromatic carbocycles. The van der Waals surface area contributed by atoms with Crippen molar-refractivity contribution in [1.29, 1.82) is 0 Å². The van der Waals surface area contributed by atoms with Gasteiger partial charge >= 0.3 is 6.09 Å². The third-order valence-electron chi connectivity index (χ3n) is 6.22. The summed E-state index contributed by atoms with van der Waals surface area (Å²) in [6.07, 6.45) is 2.81. The van der Waals surface area contributed by atoms with Crippen molar-refractivity contribution in [2.24, 2.45) is 0 Å². The molecule has 7 nitrogen and oxygen atoms in total. The molecule has 0 atom stereocenters. The van der Waals surface area contributed by atoms with Gasteiger partial charge in [-0.2, -0.15) is 5.10 Å². The zero-order valence-corrected chi connectivity index (χ0v) is 21.2. The number of likely N-dealkylation sites (tertiary alicyclic amines) is 1. The monoisotopic (exact) mass is 474 g/mol. The summed E-state index contributed by atoms with van der Waals surface area (Å²) >= 11 is 0. The van der Waals surface area contributed by atoms with E-state index >= 15 is 0 Å². The predicted octanol–water partition coefficient (Wildman–Crippen LogP) is 5.86. The molecule has 1 fully saturated rings. The number of anilines is 1. The Kier molecular flexibility index (Phi) is 6.96. The van der Waals surface area contributed by atoms with Crippen LogP contribution in [0.25, 0.3) is 5.69 Å². The fourth-order valence-corrected chi connectivity index (χ4v) is 4.46. The second-order valence-electron chi connectivity index (χ2n) is 10.2. The number of nitrogens with zero attached hydrogens (tertiary/aromatic N) is 3. The van der Waals surface area contributed by atoms with E-state index in [1.807, 2.05) is 81.8 Å². The van der Waals surface area contributed by atoms with Crippen molar-refractivity contribution in [3.05, 3.63) is 77.1 Å². The van der Waals surface area contributed by atoms with Crippen LogP contribution < -0.4 is 5.32 Å². The maximum absolute atomic E-state index is 13.4. The fraction of sp³-hybridized carbons (Fsp3) is 0.393. The van der Waals surface area contributed by atoms with Crippen molar-refractivity contribution in [2.45, 2.75) is 59.0 Å². The number of hydrogen-bond donors (Lipinski definition) is 1. The Morgan fingerprint density at radius 3 is 2.40 bits per heavy atom. The van der Waals surface area contributed by atoms with Gasteiger partial charge in [0, 0.05) is 24.7 Å². The normalized spacial score (nSPS) is 14.6. The highest BCUT2D eigenvalue weighted by Gasteiger charge is 2.32. The highest BCUT2D eigenvalue weighted by atomic mass is 16.6. The lowest BCUT2D eigenvalue weighted by Gasteiger charge is -2.34. The molecule has 0 saturated carbocycles. The van der Waals surface area contributed by atoms with E-state index in [4.69, 9.17) is 4.74 Å². The lowest BCUT2D eigenvalue weighted by molar-refractivity contribution is 0.0203. The van der Waals surface area contributed by atoms with E-state index in [1.165, 1.54) is 0 Å². The minimum absolute atomic E-state index is 0.0781. The molecular weight excluding hydrogens is 440 g/mol. The van der Waals surface area contributed by atoms with Gasteiger partial charge in [-0.25, -0.2) is 9.48 Å². The molecule has 184 valence electrons. The van der Waals surface area contributed by atoms with Crippen molar-refractivity contribution in [3.63, 3.8) is 0 Å². The Labute approximate surface area is 207 Å². The summed E-state index contributed by atoms with van der Waals surface area (Å²) in [6, 6.07) is 15.8. The largest absolute Gasteiger partial charge is 0.444 e. The third kappa shape index (κ3) is 5.73. The van der Waals surface area contributed by atoms with Crippen LogP contribution in [0.2, 0.25) is 0 Å². The average molecular weight is 475 g/mol. The van der Waals surface area contributed by atoms with E-state index in [2.05, 4.69) is 16.5 Å². The Morgan fingerprint density at radius 1 is 1.03 bits per heavy atom. The number of carbonyl (C=O) groups is 2. The zero-order chi connectivity index (χ0) is 25.2. The quantitative estimate of drug-likeness (QED) is 0.514. The van der Waals surface area contributed by atoms with Gasteiger partial charge in [0.1, 0.15) is 5.60 Å². The van der Waals surface area contributed by atoms with E-state index in [-0.39, 0.29) is 17.9 Å².